The van der Waals surface area contributed by atoms with E-state index in [1.165, 1.54) is 6.20 Å². The Balaban J connectivity index is 1.42. The molecule has 0 bridgehead atoms. The average molecular weight is 534 g/mol. The molecule has 0 saturated heterocycles. The van der Waals surface area contributed by atoms with E-state index < -0.39 is 10.3 Å². The minimum absolute atomic E-state index is 0.0641. The fraction of sp³-hybridized carbons (Fsp3) is 0.318. The molecule has 3 aromatic rings. The van der Waals surface area contributed by atoms with Gasteiger partial charge in [0.1, 0.15) is 5.69 Å². The summed E-state index contributed by atoms with van der Waals surface area (Å²) in [6.45, 7) is 0.615. The number of hydrogen-bond donors (Lipinski definition) is 2. The Morgan fingerprint density at radius 3 is 2.91 bits per heavy atom. The van der Waals surface area contributed by atoms with Gasteiger partial charge in [0.05, 0.1) is 18.7 Å². The van der Waals surface area contributed by atoms with Gasteiger partial charge in [-0.2, -0.15) is 13.5 Å². The lowest BCUT2D eigenvalue weighted by Crippen LogP contribution is -2.21. The predicted octanol–water partition coefficient (Wildman–Crippen LogP) is 3.12. The molecule has 3 N–H and O–H groups in total. The van der Waals surface area contributed by atoms with Gasteiger partial charge < -0.3 is 5.32 Å². The van der Waals surface area contributed by atoms with Crippen LogP contribution < -0.4 is 10.5 Å². The van der Waals surface area contributed by atoms with Crippen molar-refractivity contribution in [3.05, 3.63) is 76.3 Å². The molecule has 0 radical (unpaired) electrons. The molecule has 2 aromatic heterocycles. The molecule has 0 aliphatic heterocycles. The molecule has 2 atom stereocenters. The number of anilines is 1. The normalized spacial score (nSPS) is 18.4. The summed E-state index contributed by atoms with van der Waals surface area (Å²) in [6.07, 6.45) is 7.30. The summed E-state index contributed by atoms with van der Waals surface area (Å²) in [5, 5.41) is 12.8. The minimum Gasteiger partial charge on any atom is -0.382 e. The molecule has 0 spiro atoms. The number of nitrogens with two attached hydrogens (primary N) is 1. The Kier molecular flexibility index (Phi) is 7.23. The third-order valence-electron chi connectivity index (χ3n) is 5.54. The van der Waals surface area contributed by atoms with Gasteiger partial charge in [-0.25, -0.2) is 5.14 Å². The standard InChI is InChI=1S/C22H24BrN5O4S/c23-17-3-1-2-15(10-17)13-28-9-7-21(27-28)22(29)19-12-25-8-6-20(19)26-18-5-4-16(11-18)14-32-33(24,30)31/h1-3,6-10,12,16,18H,4-5,11,13-14H2,(H,25,26)(H2,24,30,31). The second-order valence-corrected chi connectivity index (χ2v) is 10.2. The molecule has 174 valence electrons. The van der Waals surface area contributed by atoms with Gasteiger partial charge in [-0.1, -0.05) is 28.1 Å². The van der Waals surface area contributed by atoms with Crippen LogP contribution in [0.15, 0.2) is 59.5 Å². The summed E-state index contributed by atoms with van der Waals surface area (Å²) in [4.78, 5) is 17.3. The van der Waals surface area contributed by atoms with Crippen molar-refractivity contribution in [1.82, 2.24) is 14.8 Å². The number of nitrogens with one attached hydrogen (secondary N) is 1. The van der Waals surface area contributed by atoms with Gasteiger partial charge in [0.25, 0.3) is 0 Å². The van der Waals surface area contributed by atoms with E-state index in [0.717, 1.165) is 22.9 Å². The molecule has 1 fully saturated rings. The van der Waals surface area contributed by atoms with Crippen LogP contribution in [0.1, 0.15) is 40.9 Å². The molecule has 2 unspecified atom stereocenters. The van der Waals surface area contributed by atoms with Crippen molar-refractivity contribution in [3.8, 4) is 0 Å². The first-order chi connectivity index (χ1) is 15.8. The Hall–Kier alpha value is -2.60. The van der Waals surface area contributed by atoms with Crippen LogP contribution in [0.5, 0.6) is 0 Å². The lowest BCUT2D eigenvalue weighted by Gasteiger charge is -2.16. The maximum atomic E-state index is 13.2. The van der Waals surface area contributed by atoms with Crippen molar-refractivity contribution < 1.29 is 17.4 Å². The number of carbonyl (C=O) groups excluding carboxylic acids is 1. The number of aromatic nitrogens is 3. The summed E-state index contributed by atoms with van der Waals surface area (Å²) < 4.78 is 29.5. The fourth-order valence-electron chi connectivity index (χ4n) is 4.00. The first kappa shape index (κ1) is 23.6. The van der Waals surface area contributed by atoms with Crippen molar-refractivity contribution in [3.63, 3.8) is 0 Å². The molecule has 1 saturated carbocycles. The summed E-state index contributed by atoms with van der Waals surface area (Å²) in [5.74, 6) is -0.138. The maximum Gasteiger partial charge on any atom is 0.333 e. The monoisotopic (exact) mass is 533 g/mol. The van der Waals surface area contributed by atoms with Crippen LogP contribution in [0.2, 0.25) is 0 Å². The fourth-order valence-corrected chi connectivity index (χ4v) is 4.83. The highest BCUT2D eigenvalue weighted by Crippen LogP contribution is 2.30. The molecular weight excluding hydrogens is 510 g/mol. The van der Waals surface area contributed by atoms with Crippen LogP contribution in [0, 0.1) is 5.92 Å². The van der Waals surface area contributed by atoms with E-state index in [1.807, 2.05) is 24.3 Å². The van der Waals surface area contributed by atoms with Crippen molar-refractivity contribution in [1.29, 1.82) is 0 Å². The third kappa shape index (κ3) is 6.47. The Morgan fingerprint density at radius 1 is 1.27 bits per heavy atom. The van der Waals surface area contributed by atoms with Crippen LogP contribution in [-0.4, -0.2) is 41.6 Å². The third-order valence-corrected chi connectivity index (χ3v) is 6.50. The SMILES string of the molecule is NS(=O)(=O)OCC1CCC(Nc2ccncc2C(=O)c2ccn(Cc3cccc(Br)c3)n2)C1. The zero-order chi connectivity index (χ0) is 23.4. The van der Waals surface area contributed by atoms with Gasteiger partial charge in [-0.15, -0.1) is 0 Å². The Morgan fingerprint density at radius 2 is 2.12 bits per heavy atom. The van der Waals surface area contributed by atoms with E-state index >= 15 is 0 Å². The Labute approximate surface area is 200 Å². The van der Waals surface area contributed by atoms with Gasteiger partial charge in [0.15, 0.2) is 0 Å². The smallest absolute Gasteiger partial charge is 0.333 e. The zero-order valence-corrected chi connectivity index (χ0v) is 20.1. The molecule has 1 aliphatic carbocycles. The quantitative estimate of drug-likeness (QED) is 0.404. The summed E-state index contributed by atoms with van der Waals surface area (Å²) >= 11 is 3.46. The number of halogens is 1. The van der Waals surface area contributed by atoms with Gasteiger partial charge in [0, 0.05) is 34.8 Å². The second-order valence-electron chi connectivity index (χ2n) is 8.08. The minimum atomic E-state index is -3.94. The van der Waals surface area contributed by atoms with Crippen molar-refractivity contribution in [2.75, 3.05) is 11.9 Å². The van der Waals surface area contributed by atoms with Crippen LogP contribution in [-0.2, 0) is 21.0 Å². The predicted molar refractivity (Wildman–Crippen MR) is 127 cm³/mol. The van der Waals surface area contributed by atoms with Crippen molar-refractivity contribution in [2.45, 2.75) is 31.8 Å². The molecule has 1 aliphatic rings. The van der Waals surface area contributed by atoms with E-state index in [9.17, 15) is 13.2 Å². The number of hydrogen-bond acceptors (Lipinski definition) is 7. The number of nitrogens with zero attached hydrogens (tertiary/aromatic N) is 3. The van der Waals surface area contributed by atoms with E-state index in [1.54, 1.807) is 29.2 Å². The number of ketones is 1. The summed E-state index contributed by atoms with van der Waals surface area (Å²) in [7, 11) is -3.94. The van der Waals surface area contributed by atoms with Crippen molar-refractivity contribution >= 4 is 37.7 Å². The Bertz CT molecular complexity index is 1250. The number of benzene rings is 1. The topological polar surface area (TPSA) is 129 Å². The van der Waals surface area contributed by atoms with E-state index in [2.05, 4.69) is 31.3 Å². The number of pyridine rings is 1. The molecule has 11 heteroatoms. The number of rotatable bonds is 9. The first-order valence-corrected chi connectivity index (χ1v) is 12.7. The maximum absolute atomic E-state index is 13.2. The lowest BCUT2D eigenvalue weighted by molar-refractivity contribution is 0.103. The molecule has 4 rings (SSSR count). The highest BCUT2D eigenvalue weighted by Gasteiger charge is 2.27. The second kappa shape index (κ2) is 10.1. The lowest BCUT2D eigenvalue weighted by atomic mass is 10.1. The largest absolute Gasteiger partial charge is 0.382 e. The molecular formula is C22H24BrN5O4S. The van der Waals surface area contributed by atoms with Crippen LogP contribution in [0.4, 0.5) is 5.69 Å². The summed E-state index contributed by atoms with van der Waals surface area (Å²) in [5.41, 5.74) is 2.52. The molecule has 1 aromatic carbocycles. The van der Waals surface area contributed by atoms with Crippen LogP contribution in [0.25, 0.3) is 0 Å². The highest BCUT2D eigenvalue weighted by atomic mass is 79.9. The van der Waals surface area contributed by atoms with Crippen molar-refractivity contribution in [2.24, 2.45) is 11.1 Å². The van der Waals surface area contributed by atoms with Gasteiger partial charge in [-0.05, 0) is 55.0 Å². The molecule has 0 amide bonds. The van der Waals surface area contributed by atoms with E-state index in [-0.39, 0.29) is 24.3 Å². The van der Waals surface area contributed by atoms with Crippen LogP contribution >= 0.6 is 15.9 Å². The average Bonchev–Trinajstić information content (AvgIpc) is 3.41. The highest BCUT2D eigenvalue weighted by molar-refractivity contribution is 9.10. The first-order valence-electron chi connectivity index (χ1n) is 10.5. The zero-order valence-electron chi connectivity index (χ0n) is 17.7. The van der Waals surface area contributed by atoms with Gasteiger partial charge in [-0.3, -0.25) is 18.6 Å². The van der Waals surface area contributed by atoms with Crippen LogP contribution in [0.3, 0.4) is 0 Å². The van der Waals surface area contributed by atoms with Gasteiger partial charge in [0.2, 0.25) is 5.78 Å². The van der Waals surface area contributed by atoms with E-state index in [4.69, 9.17) is 9.32 Å². The molecule has 9 nitrogen and oxygen atoms in total. The summed E-state index contributed by atoms with van der Waals surface area (Å²) in [6, 6.07) is 11.5. The molecule has 33 heavy (non-hydrogen) atoms. The van der Waals surface area contributed by atoms with E-state index in [0.29, 0.717) is 29.9 Å². The van der Waals surface area contributed by atoms with Gasteiger partial charge >= 0.3 is 10.3 Å². The molecule has 2 heterocycles. The number of carbonyl (C=O) groups is 1.